The van der Waals surface area contributed by atoms with E-state index in [1.807, 2.05) is 6.08 Å². The van der Waals surface area contributed by atoms with Crippen molar-refractivity contribution in [3.05, 3.63) is 26.7 Å². The van der Waals surface area contributed by atoms with Gasteiger partial charge in [-0.3, -0.25) is 0 Å². The predicted octanol–water partition coefficient (Wildman–Crippen LogP) is 4.75. The van der Waals surface area contributed by atoms with Crippen molar-refractivity contribution >= 4 is 22.0 Å². The van der Waals surface area contributed by atoms with Gasteiger partial charge >= 0.3 is 0 Å². The lowest BCUT2D eigenvalue weighted by molar-refractivity contribution is 0.374. The van der Waals surface area contributed by atoms with E-state index in [1.54, 1.807) is 7.11 Å². The number of hydrogen-bond acceptors (Lipinski definition) is 3. The molecule has 0 N–H and O–H groups in total. The van der Waals surface area contributed by atoms with Crippen LogP contribution in [0.5, 0.6) is 5.75 Å². The number of benzene rings is 1. The Morgan fingerprint density at radius 1 is 1.14 bits per heavy atom. The van der Waals surface area contributed by atoms with E-state index in [1.165, 1.54) is 29.5 Å². The summed E-state index contributed by atoms with van der Waals surface area (Å²) in [4.78, 5) is 15.4. The average molecular weight is 364 g/mol. The third kappa shape index (κ3) is 2.33. The van der Waals surface area contributed by atoms with Crippen LogP contribution in [0.1, 0.15) is 60.8 Å². The molecule has 0 aliphatic heterocycles. The van der Waals surface area contributed by atoms with E-state index in [-0.39, 0.29) is 0 Å². The van der Waals surface area contributed by atoms with Gasteiger partial charge < -0.3 is 4.74 Å². The lowest BCUT2D eigenvalue weighted by atomic mass is 9.78. The largest absolute Gasteiger partial charge is 0.495 e. The van der Waals surface area contributed by atoms with Crippen LogP contribution in [-0.2, 0) is 23.2 Å². The van der Waals surface area contributed by atoms with E-state index in [0.29, 0.717) is 0 Å². The zero-order chi connectivity index (χ0) is 15.7. The van der Waals surface area contributed by atoms with Crippen LogP contribution in [-0.4, -0.2) is 13.2 Å². The average Bonchev–Trinajstić information content (AvgIpc) is 3.00. The molecule has 22 heavy (non-hydrogen) atoms. The summed E-state index contributed by atoms with van der Waals surface area (Å²) in [6.07, 6.45) is 10.5. The Bertz CT molecular complexity index is 641. The number of carbonyl (C=O) groups excluding carboxylic acids is 1. The highest BCUT2D eigenvalue weighted by Gasteiger charge is 2.41. The maximum Gasteiger partial charge on any atom is 0.235 e. The van der Waals surface area contributed by atoms with Crippen LogP contribution in [0.3, 0.4) is 0 Å². The molecule has 2 aliphatic rings. The Kier molecular flexibility index (Phi) is 4.42. The third-order valence-corrected chi connectivity index (χ3v) is 6.19. The van der Waals surface area contributed by atoms with Crippen molar-refractivity contribution < 1.29 is 9.53 Å². The van der Waals surface area contributed by atoms with Gasteiger partial charge in [0.25, 0.3) is 0 Å². The molecule has 0 saturated heterocycles. The fourth-order valence-corrected chi connectivity index (χ4v) is 5.14. The quantitative estimate of drug-likeness (QED) is 0.574. The predicted molar refractivity (Wildman–Crippen MR) is 90.3 cm³/mol. The van der Waals surface area contributed by atoms with E-state index in [0.717, 1.165) is 54.3 Å². The number of fused-ring (bicyclic) bond motifs is 1. The fourth-order valence-electron chi connectivity index (χ4n) is 4.35. The van der Waals surface area contributed by atoms with Crippen LogP contribution in [0.15, 0.2) is 9.47 Å². The number of hydrogen-bond donors (Lipinski definition) is 0. The Balaban J connectivity index is 2.30. The summed E-state index contributed by atoms with van der Waals surface area (Å²) in [5.41, 5.74) is 4.76. The second kappa shape index (κ2) is 6.17. The number of isocyanates is 1. The molecule has 1 aromatic carbocycles. The van der Waals surface area contributed by atoms with Gasteiger partial charge in [-0.15, -0.1) is 0 Å². The van der Waals surface area contributed by atoms with Gasteiger partial charge in [-0.05, 0) is 78.1 Å². The maximum absolute atomic E-state index is 11.1. The molecular formula is C18H22BrNO2. The van der Waals surface area contributed by atoms with Crippen molar-refractivity contribution in [3.8, 4) is 5.75 Å². The third-order valence-electron chi connectivity index (χ3n) is 5.35. The molecule has 1 fully saturated rings. The summed E-state index contributed by atoms with van der Waals surface area (Å²) in [6, 6.07) is 0. The van der Waals surface area contributed by atoms with E-state index in [2.05, 4.69) is 27.8 Å². The molecule has 1 saturated carbocycles. The summed E-state index contributed by atoms with van der Waals surface area (Å²) >= 11 is 3.77. The monoisotopic (exact) mass is 363 g/mol. The Morgan fingerprint density at radius 3 is 2.36 bits per heavy atom. The Labute approximate surface area is 140 Å². The second-order valence-electron chi connectivity index (χ2n) is 6.45. The van der Waals surface area contributed by atoms with Gasteiger partial charge in [0, 0.05) is 5.56 Å². The van der Waals surface area contributed by atoms with Gasteiger partial charge in [-0.1, -0.05) is 12.8 Å². The molecule has 1 aromatic rings. The lowest BCUT2D eigenvalue weighted by Crippen LogP contribution is -2.24. The minimum atomic E-state index is -0.438. The van der Waals surface area contributed by atoms with Crippen LogP contribution in [0.25, 0.3) is 0 Å². The molecule has 2 aliphatic carbocycles. The SMILES string of the molecule is COc1c(Br)c2c(c(C)c1C1(N=C=O)CCCC1)CCCC2. The molecule has 3 rings (SSSR count). The van der Waals surface area contributed by atoms with Crippen molar-refractivity contribution in [2.24, 2.45) is 4.99 Å². The normalized spacial score (nSPS) is 19.4. The highest BCUT2D eigenvalue weighted by molar-refractivity contribution is 9.10. The maximum atomic E-state index is 11.1. The van der Waals surface area contributed by atoms with Crippen LogP contribution < -0.4 is 4.74 Å². The summed E-state index contributed by atoms with van der Waals surface area (Å²) in [6.45, 7) is 2.18. The molecule has 0 unspecified atom stereocenters. The molecule has 4 heteroatoms. The minimum absolute atomic E-state index is 0.438. The van der Waals surface area contributed by atoms with Crippen LogP contribution in [0.4, 0.5) is 0 Å². The summed E-state index contributed by atoms with van der Waals surface area (Å²) in [7, 11) is 1.71. The van der Waals surface area contributed by atoms with E-state index in [4.69, 9.17) is 4.74 Å². The zero-order valence-corrected chi connectivity index (χ0v) is 14.9. The molecule has 118 valence electrons. The standard InChI is InChI=1S/C18H22BrNO2/c1-12-13-7-3-4-8-14(13)16(19)17(22-2)15(12)18(20-11-21)9-5-6-10-18/h3-10H2,1-2H3. The van der Waals surface area contributed by atoms with Gasteiger partial charge in [0.05, 0.1) is 11.6 Å². The van der Waals surface area contributed by atoms with Crippen molar-refractivity contribution in [2.45, 2.75) is 63.8 Å². The number of aliphatic imine (C=N–C) groups is 1. The lowest BCUT2D eigenvalue weighted by Gasteiger charge is -2.32. The first-order valence-electron chi connectivity index (χ1n) is 8.12. The molecular weight excluding hydrogens is 342 g/mol. The molecule has 0 bridgehead atoms. The second-order valence-corrected chi connectivity index (χ2v) is 7.25. The van der Waals surface area contributed by atoms with Crippen LogP contribution in [0, 0.1) is 6.92 Å². The van der Waals surface area contributed by atoms with Gasteiger partial charge in [-0.25, -0.2) is 4.79 Å². The topological polar surface area (TPSA) is 38.7 Å². The van der Waals surface area contributed by atoms with E-state index < -0.39 is 5.54 Å². The highest BCUT2D eigenvalue weighted by Crippen LogP contribution is 2.51. The Morgan fingerprint density at radius 2 is 1.77 bits per heavy atom. The zero-order valence-electron chi connectivity index (χ0n) is 13.3. The summed E-state index contributed by atoms with van der Waals surface area (Å²) in [5, 5.41) is 0. The van der Waals surface area contributed by atoms with Gasteiger partial charge in [0.2, 0.25) is 6.08 Å². The van der Waals surface area contributed by atoms with Crippen LogP contribution >= 0.6 is 15.9 Å². The fraction of sp³-hybridized carbons (Fsp3) is 0.611. The first kappa shape index (κ1) is 15.8. The van der Waals surface area contributed by atoms with E-state index >= 15 is 0 Å². The molecule has 0 atom stereocenters. The van der Waals surface area contributed by atoms with Crippen molar-refractivity contribution in [1.29, 1.82) is 0 Å². The van der Waals surface area contributed by atoms with Crippen molar-refractivity contribution in [2.75, 3.05) is 7.11 Å². The first-order chi connectivity index (χ1) is 10.6. The first-order valence-corrected chi connectivity index (χ1v) is 8.91. The van der Waals surface area contributed by atoms with Crippen molar-refractivity contribution in [3.63, 3.8) is 0 Å². The molecule has 0 heterocycles. The van der Waals surface area contributed by atoms with Gasteiger partial charge in [0.1, 0.15) is 11.3 Å². The van der Waals surface area contributed by atoms with Gasteiger partial charge in [-0.2, -0.15) is 4.99 Å². The summed E-state index contributed by atoms with van der Waals surface area (Å²) in [5.74, 6) is 0.874. The molecule has 3 nitrogen and oxygen atoms in total. The van der Waals surface area contributed by atoms with E-state index in [9.17, 15) is 4.79 Å². The minimum Gasteiger partial charge on any atom is -0.495 e. The number of halogens is 1. The molecule has 0 spiro atoms. The molecule has 0 aromatic heterocycles. The van der Waals surface area contributed by atoms with Gasteiger partial charge in [0.15, 0.2) is 0 Å². The number of methoxy groups -OCH3 is 1. The number of nitrogens with zero attached hydrogens (tertiary/aromatic N) is 1. The number of rotatable bonds is 3. The summed E-state index contributed by atoms with van der Waals surface area (Å²) < 4.78 is 6.84. The van der Waals surface area contributed by atoms with Crippen molar-refractivity contribution in [1.82, 2.24) is 0 Å². The number of ether oxygens (including phenoxy) is 1. The molecule has 0 radical (unpaired) electrons. The smallest absolute Gasteiger partial charge is 0.235 e. The Hall–Kier alpha value is -1.12. The molecule has 0 amide bonds. The highest BCUT2D eigenvalue weighted by atomic mass is 79.9. The van der Waals surface area contributed by atoms with Crippen LogP contribution in [0.2, 0.25) is 0 Å².